The van der Waals surface area contributed by atoms with Crippen LogP contribution >= 0.6 is 0 Å². The van der Waals surface area contributed by atoms with E-state index in [1.165, 1.54) is 5.56 Å². The summed E-state index contributed by atoms with van der Waals surface area (Å²) in [4.78, 5) is 16.2. The number of carbonyl (C=O) groups excluding carboxylic acids is 1. The lowest BCUT2D eigenvalue weighted by Crippen LogP contribution is -2.46. The van der Waals surface area contributed by atoms with Crippen molar-refractivity contribution in [3.63, 3.8) is 0 Å². The number of β-amino-alcohol motifs (C(OH)–C–C–N with tert-alkyl or cyclic N) is 1. The first-order valence-electron chi connectivity index (χ1n) is 10.1. The Kier molecular flexibility index (Phi) is 7.12. The summed E-state index contributed by atoms with van der Waals surface area (Å²) in [6.45, 7) is 4.95. The van der Waals surface area contributed by atoms with Gasteiger partial charge in [0.25, 0.3) is 5.91 Å². The molecule has 1 heterocycles. The molecule has 1 N–H and O–H groups in total. The number of nitrogens with zero attached hydrogens (tertiary/aromatic N) is 2. The van der Waals surface area contributed by atoms with Gasteiger partial charge in [-0.2, -0.15) is 0 Å². The standard InChI is InChI=1S/C23H30N2O4/c1-3-28-20-9-11-21(12-10-20)29-16-22(26)24(2)17-23(27)13-14-25(18-23)15-19-7-5-4-6-8-19/h4-12,27H,3,13-18H2,1-2H3/t23-/m0/s1. The second kappa shape index (κ2) is 9.76. The highest BCUT2D eigenvalue weighted by molar-refractivity contribution is 5.77. The van der Waals surface area contributed by atoms with E-state index in [1.54, 1.807) is 24.1 Å². The molecule has 2 aromatic rings. The highest BCUT2D eigenvalue weighted by atomic mass is 16.5. The minimum absolute atomic E-state index is 0.0612. The van der Waals surface area contributed by atoms with Crippen LogP contribution in [0.25, 0.3) is 0 Å². The Balaban J connectivity index is 1.45. The van der Waals surface area contributed by atoms with Gasteiger partial charge in [0.1, 0.15) is 11.5 Å². The summed E-state index contributed by atoms with van der Waals surface area (Å²) in [7, 11) is 1.71. The van der Waals surface area contributed by atoms with Gasteiger partial charge in [-0.05, 0) is 43.2 Å². The first-order chi connectivity index (χ1) is 14.0. The Morgan fingerprint density at radius 3 is 2.41 bits per heavy atom. The van der Waals surface area contributed by atoms with Gasteiger partial charge in [0.2, 0.25) is 0 Å². The number of hydrogen-bond donors (Lipinski definition) is 1. The minimum Gasteiger partial charge on any atom is -0.494 e. The summed E-state index contributed by atoms with van der Waals surface area (Å²) in [5, 5.41) is 10.9. The highest BCUT2D eigenvalue weighted by Gasteiger charge is 2.37. The Hall–Kier alpha value is -2.57. The fourth-order valence-electron chi connectivity index (χ4n) is 3.63. The van der Waals surface area contributed by atoms with Crippen LogP contribution in [0.2, 0.25) is 0 Å². The molecule has 1 amide bonds. The van der Waals surface area contributed by atoms with E-state index in [4.69, 9.17) is 9.47 Å². The number of likely N-dealkylation sites (N-methyl/N-ethyl adjacent to an activating group) is 1. The Bertz CT molecular complexity index is 781. The van der Waals surface area contributed by atoms with E-state index in [1.807, 2.05) is 37.3 Å². The normalized spacial score (nSPS) is 19.1. The molecule has 29 heavy (non-hydrogen) atoms. The zero-order valence-electron chi connectivity index (χ0n) is 17.2. The highest BCUT2D eigenvalue weighted by Crippen LogP contribution is 2.24. The van der Waals surface area contributed by atoms with Gasteiger partial charge in [-0.25, -0.2) is 0 Å². The fraction of sp³-hybridized carbons (Fsp3) is 0.435. The molecule has 1 aliphatic heterocycles. The van der Waals surface area contributed by atoms with Crippen LogP contribution in [0.1, 0.15) is 18.9 Å². The van der Waals surface area contributed by atoms with E-state index in [0.29, 0.717) is 31.9 Å². The zero-order valence-corrected chi connectivity index (χ0v) is 17.2. The molecule has 0 unspecified atom stereocenters. The Morgan fingerprint density at radius 1 is 1.10 bits per heavy atom. The molecule has 0 spiro atoms. The molecule has 1 aliphatic rings. The molecule has 0 aliphatic carbocycles. The van der Waals surface area contributed by atoms with Crippen molar-refractivity contribution in [3.05, 3.63) is 60.2 Å². The average Bonchev–Trinajstić information content (AvgIpc) is 3.08. The van der Waals surface area contributed by atoms with Crippen LogP contribution in [0.5, 0.6) is 11.5 Å². The first-order valence-corrected chi connectivity index (χ1v) is 10.1. The number of hydrogen-bond acceptors (Lipinski definition) is 5. The van der Waals surface area contributed by atoms with Crippen LogP contribution in [0.4, 0.5) is 0 Å². The maximum absolute atomic E-state index is 12.4. The quantitative estimate of drug-likeness (QED) is 0.703. The lowest BCUT2D eigenvalue weighted by atomic mass is 10.0. The molecule has 6 nitrogen and oxygen atoms in total. The number of rotatable bonds is 9. The van der Waals surface area contributed by atoms with Gasteiger partial charge in [0.05, 0.1) is 18.8 Å². The largest absolute Gasteiger partial charge is 0.494 e. The lowest BCUT2D eigenvalue weighted by Gasteiger charge is -2.29. The summed E-state index contributed by atoms with van der Waals surface area (Å²) in [6.07, 6.45) is 0.650. The van der Waals surface area contributed by atoms with E-state index < -0.39 is 5.60 Å². The van der Waals surface area contributed by atoms with E-state index in [2.05, 4.69) is 17.0 Å². The molecule has 1 saturated heterocycles. The molecule has 1 fully saturated rings. The maximum atomic E-state index is 12.4. The predicted octanol–water partition coefficient (Wildman–Crippen LogP) is 2.56. The molecule has 1 atom stereocenters. The summed E-state index contributed by atoms with van der Waals surface area (Å²) in [6, 6.07) is 17.4. The SMILES string of the molecule is CCOc1ccc(OCC(=O)N(C)C[C@@]2(O)CCN(Cc3ccccc3)C2)cc1. The molecule has 3 rings (SSSR count). The number of carbonyl (C=O) groups is 1. The third-order valence-corrected chi connectivity index (χ3v) is 5.11. The third-order valence-electron chi connectivity index (χ3n) is 5.11. The molecular weight excluding hydrogens is 368 g/mol. The van der Waals surface area contributed by atoms with Gasteiger partial charge in [-0.1, -0.05) is 30.3 Å². The van der Waals surface area contributed by atoms with E-state index in [9.17, 15) is 9.90 Å². The Labute approximate surface area is 172 Å². The van der Waals surface area contributed by atoms with Crippen LogP contribution < -0.4 is 9.47 Å². The van der Waals surface area contributed by atoms with E-state index in [0.717, 1.165) is 18.8 Å². The minimum atomic E-state index is -0.891. The third kappa shape index (κ3) is 6.21. The summed E-state index contributed by atoms with van der Waals surface area (Å²) in [5.41, 5.74) is 0.336. The van der Waals surface area contributed by atoms with Gasteiger partial charge in [0.15, 0.2) is 6.61 Å². The summed E-state index contributed by atoms with van der Waals surface area (Å²) in [5.74, 6) is 1.23. The number of ether oxygens (including phenoxy) is 2. The monoisotopic (exact) mass is 398 g/mol. The van der Waals surface area contributed by atoms with Crippen molar-refractivity contribution in [2.45, 2.75) is 25.5 Å². The molecule has 156 valence electrons. The predicted molar refractivity (Wildman–Crippen MR) is 112 cm³/mol. The van der Waals surface area contributed by atoms with Crippen LogP contribution in [-0.2, 0) is 11.3 Å². The fourth-order valence-corrected chi connectivity index (χ4v) is 3.63. The summed E-state index contributed by atoms with van der Waals surface area (Å²) >= 11 is 0. The smallest absolute Gasteiger partial charge is 0.260 e. The van der Waals surface area contributed by atoms with Crippen LogP contribution in [0.15, 0.2) is 54.6 Å². The molecular formula is C23H30N2O4. The van der Waals surface area contributed by atoms with E-state index >= 15 is 0 Å². The number of likely N-dealkylation sites (tertiary alicyclic amines) is 1. The average molecular weight is 399 g/mol. The van der Waals surface area contributed by atoms with Gasteiger partial charge >= 0.3 is 0 Å². The lowest BCUT2D eigenvalue weighted by molar-refractivity contribution is -0.135. The van der Waals surface area contributed by atoms with Crippen LogP contribution in [0.3, 0.4) is 0 Å². The topological polar surface area (TPSA) is 62.2 Å². The molecule has 0 saturated carbocycles. The summed E-state index contributed by atoms with van der Waals surface area (Å²) < 4.78 is 11.0. The number of amides is 1. The van der Waals surface area contributed by atoms with Gasteiger partial charge in [0, 0.05) is 26.7 Å². The van der Waals surface area contributed by atoms with Gasteiger partial charge in [-0.3, -0.25) is 9.69 Å². The molecule has 2 aromatic carbocycles. The number of aliphatic hydroxyl groups is 1. The van der Waals surface area contributed by atoms with Crippen LogP contribution in [-0.4, -0.2) is 66.3 Å². The van der Waals surface area contributed by atoms with Crippen molar-refractivity contribution in [2.24, 2.45) is 0 Å². The molecule has 0 bridgehead atoms. The van der Waals surface area contributed by atoms with Crippen LogP contribution in [0, 0.1) is 0 Å². The van der Waals surface area contributed by atoms with Crippen molar-refractivity contribution in [1.29, 1.82) is 0 Å². The van der Waals surface area contributed by atoms with Crippen molar-refractivity contribution in [3.8, 4) is 11.5 Å². The van der Waals surface area contributed by atoms with Gasteiger partial charge in [-0.15, -0.1) is 0 Å². The number of benzene rings is 2. The second-order valence-corrected chi connectivity index (χ2v) is 7.61. The molecule has 0 aromatic heterocycles. The van der Waals surface area contributed by atoms with Crippen molar-refractivity contribution < 1.29 is 19.4 Å². The van der Waals surface area contributed by atoms with Crippen molar-refractivity contribution in [2.75, 3.05) is 39.9 Å². The van der Waals surface area contributed by atoms with E-state index in [-0.39, 0.29) is 12.5 Å². The van der Waals surface area contributed by atoms with Crippen molar-refractivity contribution >= 4 is 5.91 Å². The first kappa shape index (κ1) is 21.1. The maximum Gasteiger partial charge on any atom is 0.260 e. The van der Waals surface area contributed by atoms with Crippen molar-refractivity contribution in [1.82, 2.24) is 9.80 Å². The molecule has 6 heteroatoms. The Morgan fingerprint density at radius 2 is 1.76 bits per heavy atom. The second-order valence-electron chi connectivity index (χ2n) is 7.61. The zero-order chi connectivity index (χ0) is 20.7. The van der Waals surface area contributed by atoms with Gasteiger partial charge < -0.3 is 19.5 Å². The molecule has 0 radical (unpaired) electrons.